The fraction of sp³-hybridized carbons (Fsp3) is 0.389. The molecular formula is C18H22N6OS. The summed E-state index contributed by atoms with van der Waals surface area (Å²) in [5, 5.41) is 14.2. The lowest BCUT2D eigenvalue weighted by molar-refractivity contribution is 0.122. The van der Waals surface area contributed by atoms with Gasteiger partial charge >= 0.3 is 0 Å². The number of anilines is 1. The molecule has 0 saturated carbocycles. The lowest BCUT2D eigenvalue weighted by Crippen LogP contribution is -2.38. The Bertz CT molecular complexity index is 841. The van der Waals surface area contributed by atoms with Crippen LogP contribution in [0.1, 0.15) is 5.56 Å². The van der Waals surface area contributed by atoms with Gasteiger partial charge in [0.15, 0.2) is 5.16 Å². The molecular weight excluding hydrogens is 348 g/mol. The third-order valence-electron chi connectivity index (χ3n) is 4.38. The van der Waals surface area contributed by atoms with Crippen molar-refractivity contribution in [1.29, 1.82) is 0 Å². The van der Waals surface area contributed by atoms with Gasteiger partial charge in [-0.15, -0.1) is 10.2 Å². The van der Waals surface area contributed by atoms with Crippen molar-refractivity contribution >= 4 is 17.7 Å². The van der Waals surface area contributed by atoms with Crippen LogP contribution in [0.25, 0.3) is 5.69 Å². The fourth-order valence-corrected chi connectivity index (χ4v) is 3.88. The molecule has 4 rings (SSSR count). The van der Waals surface area contributed by atoms with Gasteiger partial charge in [0.1, 0.15) is 0 Å². The van der Waals surface area contributed by atoms with Gasteiger partial charge in [-0.05, 0) is 24.6 Å². The van der Waals surface area contributed by atoms with E-state index in [4.69, 9.17) is 4.74 Å². The Labute approximate surface area is 157 Å². The Kier molecular flexibility index (Phi) is 5.21. The molecule has 1 saturated heterocycles. The SMILES string of the molecule is Cc1ccccc1-n1c(SCCn2cccn2)nnc1N1CCOCC1. The molecule has 1 aliphatic rings. The Morgan fingerprint density at radius 1 is 1.12 bits per heavy atom. The van der Waals surface area contributed by atoms with E-state index in [2.05, 4.69) is 56.0 Å². The molecule has 0 bridgehead atoms. The lowest BCUT2D eigenvalue weighted by Gasteiger charge is -2.28. The number of hydrogen-bond acceptors (Lipinski definition) is 6. The summed E-state index contributed by atoms with van der Waals surface area (Å²) in [6, 6.07) is 10.3. The second-order valence-corrected chi connectivity index (χ2v) is 7.18. The van der Waals surface area contributed by atoms with Crippen molar-refractivity contribution in [2.24, 2.45) is 0 Å². The lowest BCUT2D eigenvalue weighted by atomic mass is 10.2. The standard InChI is InChI=1S/C18H22N6OS/c1-15-5-2-3-6-16(15)24-17(22-9-12-25-13-10-22)20-21-18(24)26-14-11-23-8-4-7-19-23/h2-8H,9-14H2,1H3. The number of hydrogen-bond donors (Lipinski definition) is 0. The van der Waals surface area contributed by atoms with E-state index in [0.29, 0.717) is 0 Å². The Morgan fingerprint density at radius 3 is 2.73 bits per heavy atom. The van der Waals surface area contributed by atoms with Crippen molar-refractivity contribution in [3.05, 3.63) is 48.3 Å². The molecule has 0 radical (unpaired) electrons. The van der Waals surface area contributed by atoms with E-state index >= 15 is 0 Å². The summed E-state index contributed by atoms with van der Waals surface area (Å²) in [7, 11) is 0. The van der Waals surface area contributed by atoms with Crippen molar-refractivity contribution in [3.63, 3.8) is 0 Å². The Morgan fingerprint density at radius 2 is 1.96 bits per heavy atom. The third kappa shape index (κ3) is 3.61. The Hall–Kier alpha value is -2.32. The summed E-state index contributed by atoms with van der Waals surface area (Å²) in [4.78, 5) is 2.25. The quantitative estimate of drug-likeness (QED) is 0.621. The van der Waals surface area contributed by atoms with E-state index < -0.39 is 0 Å². The van der Waals surface area contributed by atoms with Crippen molar-refractivity contribution in [2.75, 3.05) is 37.0 Å². The van der Waals surface area contributed by atoms with Gasteiger partial charge in [-0.2, -0.15) is 5.10 Å². The molecule has 26 heavy (non-hydrogen) atoms. The van der Waals surface area contributed by atoms with Gasteiger partial charge in [-0.1, -0.05) is 30.0 Å². The zero-order valence-electron chi connectivity index (χ0n) is 14.8. The molecule has 0 N–H and O–H groups in total. The molecule has 0 atom stereocenters. The van der Waals surface area contributed by atoms with Gasteiger partial charge in [0.05, 0.1) is 25.4 Å². The number of rotatable bonds is 6. The van der Waals surface area contributed by atoms with E-state index in [1.807, 2.05) is 16.9 Å². The highest BCUT2D eigenvalue weighted by atomic mass is 32.2. The number of morpholine rings is 1. The number of ether oxygens (including phenoxy) is 1. The first-order valence-corrected chi connectivity index (χ1v) is 9.76. The highest BCUT2D eigenvalue weighted by molar-refractivity contribution is 7.99. The maximum Gasteiger partial charge on any atom is 0.232 e. The summed E-state index contributed by atoms with van der Waals surface area (Å²) in [6.45, 7) is 6.08. The van der Waals surface area contributed by atoms with Crippen molar-refractivity contribution < 1.29 is 4.74 Å². The Balaban J connectivity index is 1.62. The van der Waals surface area contributed by atoms with Crippen LogP contribution in [0.4, 0.5) is 5.95 Å². The third-order valence-corrected chi connectivity index (χ3v) is 5.29. The molecule has 1 fully saturated rings. The second kappa shape index (κ2) is 7.92. The fourth-order valence-electron chi connectivity index (χ4n) is 3.01. The van der Waals surface area contributed by atoms with Crippen molar-refractivity contribution in [1.82, 2.24) is 24.5 Å². The van der Waals surface area contributed by atoms with Gasteiger partial charge < -0.3 is 9.64 Å². The van der Waals surface area contributed by atoms with Crippen LogP contribution in [-0.4, -0.2) is 56.6 Å². The second-order valence-electron chi connectivity index (χ2n) is 6.12. The van der Waals surface area contributed by atoms with Crippen LogP contribution in [0, 0.1) is 6.92 Å². The molecule has 136 valence electrons. The topological polar surface area (TPSA) is 61.0 Å². The van der Waals surface area contributed by atoms with E-state index in [-0.39, 0.29) is 0 Å². The van der Waals surface area contributed by atoms with Crippen molar-refractivity contribution in [2.45, 2.75) is 18.6 Å². The number of benzene rings is 1. The smallest absolute Gasteiger partial charge is 0.232 e. The number of thioether (sulfide) groups is 1. The van der Waals surface area contributed by atoms with Gasteiger partial charge in [0, 0.05) is 31.2 Å². The van der Waals surface area contributed by atoms with Crippen LogP contribution in [0.15, 0.2) is 47.9 Å². The number of aromatic nitrogens is 5. The summed E-state index contributed by atoms with van der Waals surface area (Å²) < 4.78 is 9.60. The highest BCUT2D eigenvalue weighted by Crippen LogP contribution is 2.28. The van der Waals surface area contributed by atoms with Gasteiger partial charge in [0.25, 0.3) is 0 Å². The maximum absolute atomic E-state index is 5.49. The van der Waals surface area contributed by atoms with Crippen LogP contribution >= 0.6 is 11.8 Å². The first-order valence-electron chi connectivity index (χ1n) is 8.77. The van der Waals surface area contributed by atoms with E-state index in [1.165, 1.54) is 5.56 Å². The molecule has 2 aromatic heterocycles. The molecule has 0 aliphatic carbocycles. The van der Waals surface area contributed by atoms with Crippen LogP contribution < -0.4 is 4.90 Å². The average molecular weight is 370 g/mol. The van der Waals surface area contributed by atoms with Crippen LogP contribution in [0.3, 0.4) is 0 Å². The molecule has 3 heterocycles. The number of nitrogens with zero attached hydrogens (tertiary/aromatic N) is 6. The molecule has 0 amide bonds. The molecule has 0 unspecified atom stereocenters. The zero-order chi connectivity index (χ0) is 17.8. The summed E-state index contributed by atoms with van der Waals surface area (Å²) in [5.41, 5.74) is 2.33. The molecule has 0 spiro atoms. The average Bonchev–Trinajstić information content (AvgIpc) is 3.33. The van der Waals surface area contributed by atoms with Gasteiger partial charge in [-0.25, -0.2) is 0 Å². The van der Waals surface area contributed by atoms with Crippen molar-refractivity contribution in [3.8, 4) is 5.69 Å². The summed E-state index contributed by atoms with van der Waals surface area (Å²) in [5.74, 6) is 1.78. The number of para-hydroxylation sites is 1. The van der Waals surface area contributed by atoms with E-state index in [1.54, 1.807) is 18.0 Å². The number of aryl methyl sites for hydroxylation is 2. The minimum Gasteiger partial charge on any atom is -0.378 e. The predicted octanol–water partition coefficient (Wildman–Crippen LogP) is 2.40. The first-order chi connectivity index (χ1) is 12.8. The minimum absolute atomic E-state index is 0.725. The van der Waals surface area contributed by atoms with Crippen LogP contribution in [0.5, 0.6) is 0 Å². The highest BCUT2D eigenvalue weighted by Gasteiger charge is 2.22. The van der Waals surface area contributed by atoms with Gasteiger partial charge in [0.2, 0.25) is 5.95 Å². The minimum atomic E-state index is 0.725. The van der Waals surface area contributed by atoms with Gasteiger partial charge in [-0.3, -0.25) is 9.25 Å². The molecule has 7 nitrogen and oxygen atoms in total. The maximum atomic E-state index is 5.49. The monoisotopic (exact) mass is 370 g/mol. The van der Waals surface area contributed by atoms with Crippen LogP contribution in [-0.2, 0) is 11.3 Å². The first kappa shape index (κ1) is 17.1. The molecule has 1 aliphatic heterocycles. The molecule has 1 aromatic carbocycles. The molecule has 8 heteroatoms. The predicted molar refractivity (Wildman–Crippen MR) is 102 cm³/mol. The summed E-state index contributed by atoms with van der Waals surface area (Å²) in [6.07, 6.45) is 3.78. The normalized spacial score (nSPS) is 14.7. The molecule has 3 aromatic rings. The van der Waals surface area contributed by atoms with Crippen LogP contribution in [0.2, 0.25) is 0 Å². The summed E-state index contributed by atoms with van der Waals surface area (Å²) >= 11 is 1.70. The van der Waals surface area contributed by atoms with E-state index in [0.717, 1.165) is 55.4 Å². The van der Waals surface area contributed by atoms with E-state index in [9.17, 15) is 0 Å². The largest absolute Gasteiger partial charge is 0.378 e. The zero-order valence-corrected chi connectivity index (χ0v) is 15.6.